The lowest BCUT2D eigenvalue weighted by atomic mass is 10.2. The maximum atomic E-state index is 8.69. The minimum Gasteiger partial charge on any atom is -0.242 e. The van der Waals surface area contributed by atoms with Crippen LogP contribution < -0.4 is 4.99 Å². The van der Waals surface area contributed by atoms with E-state index in [0.717, 1.165) is 22.2 Å². The second-order valence-electron chi connectivity index (χ2n) is 3.10. The molecule has 1 aromatic heterocycles. The highest BCUT2D eigenvalue weighted by molar-refractivity contribution is 5.84. The first-order chi connectivity index (χ1) is 6.25. The van der Waals surface area contributed by atoms with Gasteiger partial charge in [-0.05, 0) is 25.5 Å². The highest BCUT2D eigenvalue weighted by Gasteiger charge is 2.10. The molecule has 1 aromatic carbocycles. The Morgan fingerprint density at radius 3 is 2.62 bits per heavy atom. The molecule has 0 saturated carbocycles. The molecule has 0 aliphatic carbocycles. The van der Waals surface area contributed by atoms with Crippen molar-refractivity contribution in [1.82, 2.24) is 4.73 Å². The highest BCUT2D eigenvalue weighted by Crippen LogP contribution is 2.23. The Bertz CT molecular complexity index is 445. The maximum Gasteiger partial charge on any atom is 0.0910 e. The molecule has 0 amide bonds. The smallest absolute Gasteiger partial charge is 0.0910 e. The van der Waals surface area contributed by atoms with Gasteiger partial charge in [0.25, 0.3) is 0 Å². The molecule has 1 heterocycles. The van der Waals surface area contributed by atoms with E-state index in [2.05, 4.69) is 4.99 Å². The predicted octanol–water partition coefficient (Wildman–Crippen LogP) is 2.16. The largest absolute Gasteiger partial charge is 0.242 e. The second-order valence-corrected chi connectivity index (χ2v) is 3.10. The number of hydrogen-bond donors (Lipinski definition) is 1. The van der Waals surface area contributed by atoms with E-state index in [1.165, 1.54) is 4.73 Å². The van der Waals surface area contributed by atoms with E-state index in [9.17, 15) is 0 Å². The fraction of sp³-hybridized carbons (Fsp3) is 0.200. The maximum absolute atomic E-state index is 8.69. The van der Waals surface area contributed by atoms with Crippen LogP contribution >= 0.6 is 0 Å². The first kappa shape index (κ1) is 8.13. The van der Waals surface area contributed by atoms with Gasteiger partial charge in [0, 0.05) is 5.39 Å². The summed E-state index contributed by atoms with van der Waals surface area (Å²) in [6.07, 6.45) is 0. The Balaban J connectivity index is 2.90. The van der Waals surface area contributed by atoms with Crippen LogP contribution in [0.4, 0.5) is 0 Å². The standard InChI is InChI=1S/C10H11NO2/c1-7-8(2)11(13-12)10-6-4-3-5-9(7)10/h3-6,12H,1-2H3. The molecule has 68 valence electrons. The lowest BCUT2D eigenvalue weighted by Gasteiger charge is -2.00. The van der Waals surface area contributed by atoms with Crippen LogP contribution in [-0.4, -0.2) is 9.99 Å². The number of rotatable bonds is 1. The zero-order valence-corrected chi connectivity index (χ0v) is 7.61. The third-order valence-electron chi connectivity index (χ3n) is 2.46. The monoisotopic (exact) mass is 177 g/mol. The molecular formula is C10H11NO2. The van der Waals surface area contributed by atoms with Gasteiger partial charge < -0.3 is 0 Å². The van der Waals surface area contributed by atoms with Crippen molar-refractivity contribution >= 4 is 10.9 Å². The molecule has 2 aromatic rings. The van der Waals surface area contributed by atoms with E-state index >= 15 is 0 Å². The van der Waals surface area contributed by atoms with Crippen LogP contribution in [0.5, 0.6) is 0 Å². The Labute approximate surface area is 76.1 Å². The van der Waals surface area contributed by atoms with Gasteiger partial charge in [-0.15, -0.1) is 0 Å². The summed E-state index contributed by atoms with van der Waals surface area (Å²) >= 11 is 0. The highest BCUT2D eigenvalue weighted by atomic mass is 17.2. The summed E-state index contributed by atoms with van der Waals surface area (Å²) in [4.78, 5) is 4.30. The van der Waals surface area contributed by atoms with Gasteiger partial charge in [-0.3, -0.25) is 0 Å². The van der Waals surface area contributed by atoms with Gasteiger partial charge in [0.05, 0.1) is 11.2 Å². The van der Waals surface area contributed by atoms with E-state index in [-0.39, 0.29) is 0 Å². The third kappa shape index (κ3) is 1.01. The number of nitrogens with zero attached hydrogens (tertiary/aromatic N) is 1. The molecule has 2 rings (SSSR count). The second kappa shape index (κ2) is 2.78. The van der Waals surface area contributed by atoms with Crippen LogP contribution in [0, 0.1) is 13.8 Å². The van der Waals surface area contributed by atoms with Crippen molar-refractivity contribution in [3.05, 3.63) is 35.5 Å². The Morgan fingerprint density at radius 1 is 1.23 bits per heavy atom. The Hall–Kier alpha value is -1.48. The van der Waals surface area contributed by atoms with Crippen LogP contribution in [0.25, 0.3) is 10.9 Å². The van der Waals surface area contributed by atoms with Crippen molar-refractivity contribution in [2.45, 2.75) is 13.8 Å². The Kier molecular flexibility index (Phi) is 1.74. The van der Waals surface area contributed by atoms with E-state index in [0.29, 0.717) is 0 Å². The van der Waals surface area contributed by atoms with Crippen molar-refractivity contribution in [3.8, 4) is 0 Å². The molecule has 3 heteroatoms. The summed E-state index contributed by atoms with van der Waals surface area (Å²) in [5.41, 5.74) is 2.94. The SMILES string of the molecule is Cc1c(C)n(OO)c2ccccc12. The number of benzene rings is 1. The number of fused-ring (bicyclic) bond motifs is 1. The minimum atomic E-state index is 0.889. The summed E-state index contributed by atoms with van der Waals surface area (Å²) < 4.78 is 1.42. The minimum absolute atomic E-state index is 0.889. The van der Waals surface area contributed by atoms with E-state index < -0.39 is 0 Å². The first-order valence-corrected chi connectivity index (χ1v) is 4.14. The summed E-state index contributed by atoms with van der Waals surface area (Å²) in [5, 5.41) is 9.80. The predicted molar refractivity (Wildman–Crippen MR) is 50.6 cm³/mol. The van der Waals surface area contributed by atoms with Crippen molar-refractivity contribution in [3.63, 3.8) is 0 Å². The average Bonchev–Trinajstić information content (AvgIpc) is 2.41. The number of aryl methyl sites for hydroxylation is 1. The van der Waals surface area contributed by atoms with Crippen LogP contribution in [0.2, 0.25) is 0 Å². The van der Waals surface area contributed by atoms with Gasteiger partial charge in [0.1, 0.15) is 0 Å². The van der Waals surface area contributed by atoms with Gasteiger partial charge in [0.2, 0.25) is 0 Å². The topological polar surface area (TPSA) is 34.4 Å². The quantitative estimate of drug-likeness (QED) is 0.535. The fourth-order valence-electron chi connectivity index (χ4n) is 1.60. The van der Waals surface area contributed by atoms with E-state index in [1.807, 2.05) is 38.1 Å². The zero-order valence-electron chi connectivity index (χ0n) is 7.61. The van der Waals surface area contributed by atoms with Gasteiger partial charge in [0.15, 0.2) is 0 Å². The molecule has 0 unspecified atom stereocenters. The molecule has 0 bridgehead atoms. The summed E-state index contributed by atoms with van der Waals surface area (Å²) in [5.74, 6) is 0. The van der Waals surface area contributed by atoms with Gasteiger partial charge in [-0.1, -0.05) is 18.2 Å². The van der Waals surface area contributed by atoms with E-state index in [4.69, 9.17) is 5.26 Å². The molecule has 1 N–H and O–H groups in total. The zero-order chi connectivity index (χ0) is 9.42. The third-order valence-corrected chi connectivity index (χ3v) is 2.46. The van der Waals surface area contributed by atoms with Crippen LogP contribution in [0.3, 0.4) is 0 Å². The van der Waals surface area contributed by atoms with Crippen LogP contribution in [0.1, 0.15) is 11.3 Å². The molecule has 0 spiro atoms. The fourth-order valence-corrected chi connectivity index (χ4v) is 1.60. The molecule has 0 atom stereocenters. The van der Waals surface area contributed by atoms with Gasteiger partial charge in [-0.2, -0.15) is 9.99 Å². The summed E-state index contributed by atoms with van der Waals surface area (Å²) in [7, 11) is 0. The van der Waals surface area contributed by atoms with Crippen molar-refractivity contribution in [2.75, 3.05) is 0 Å². The molecule has 3 nitrogen and oxygen atoms in total. The van der Waals surface area contributed by atoms with Crippen LogP contribution in [-0.2, 0) is 0 Å². The Morgan fingerprint density at radius 2 is 1.92 bits per heavy atom. The molecule has 0 fully saturated rings. The molecular weight excluding hydrogens is 166 g/mol. The van der Waals surface area contributed by atoms with Crippen molar-refractivity contribution in [2.24, 2.45) is 0 Å². The average molecular weight is 177 g/mol. The van der Waals surface area contributed by atoms with Crippen molar-refractivity contribution < 1.29 is 10.2 Å². The van der Waals surface area contributed by atoms with E-state index in [1.54, 1.807) is 0 Å². The molecule has 0 aliphatic rings. The van der Waals surface area contributed by atoms with Gasteiger partial charge in [-0.25, -0.2) is 4.99 Å². The normalized spacial score (nSPS) is 10.7. The lowest BCUT2D eigenvalue weighted by molar-refractivity contribution is -0.239. The van der Waals surface area contributed by atoms with Crippen molar-refractivity contribution in [1.29, 1.82) is 0 Å². The number of aromatic nitrogens is 1. The van der Waals surface area contributed by atoms with Gasteiger partial charge >= 0.3 is 0 Å². The molecule has 0 aliphatic heterocycles. The lowest BCUT2D eigenvalue weighted by Crippen LogP contribution is -2.07. The molecule has 13 heavy (non-hydrogen) atoms. The molecule has 0 saturated heterocycles. The number of hydrogen-bond acceptors (Lipinski definition) is 2. The van der Waals surface area contributed by atoms with Crippen LogP contribution in [0.15, 0.2) is 24.3 Å². The summed E-state index contributed by atoms with van der Waals surface area (Å²) in [6, 6.07) is 7.80. The molecule has 0 radical (unpaired) electrons. The first-order valence-electron chi connectivity index (χ1n) is 4.14. The number of para-hydroxylation sites is 1. The summed E-state index contributed by atoms with van der Waals surface area (Å²) in [6.45, 7) is 3.92.